The highest BCUT2D eigenvalue weighted by Gasteiger charge is 2.33. The third-order valence-electron chi connectivity index (χ3n) is 5.64. The van der Waals surface area contributed by atoms with E-state index in [4.69, 9.17) is 22.1 Å². The number of hydrazone groups is 1. The molecule has 2 aliphatic rings. The summed E-state index contributed by atoms with van der Waals surface area (Å²) < 4.78 is 31.5. The summed E-state index contributed by atoms with van der Waals surface area (Å²) >= 11 is 6.08. The van der Waals surface area contributed by atoms with Crippen LogP contribution in [0.2, 0.25) is 5.02 Å². The van der Waals surface area contributed by atoms with Gasteiger partial charge in [-0.1, -0.05) is 60.5 Å². The predicted octanol–water partition coefficient (Wildman–Crippen LogP) is 3.82. The Kier molecular flexibility index (Phi) is 7.11. The van der Waals surface area contributed by atoms with Crippen LogP contribution in [0.15, 0.2) is 64.1 Å². The molecule has 1 fully saturated rings. The Balaban J connectivity index is 1.73. The molecule has 0 aliphatic carbocycles. The molecule has 0 saturated carbocycles. The molecular weight excluding hydrogens is 460 g/mol. The topological polar surface area (TPSA) is 101 Å². The maximum absolute atomic E-state index is 13.0. The highest BCUT2D eigenvalue weighted by atomic mass is 35.5. The lowest BCUT2D eigenvalue weighted by molar-refractivity contribution is 0.346. The maximum Gasteiger partial charge on any atom is 0.325 e. The molecule has 0 spiro atoms. The van der Waals surface area contributed by atoms with Crippen LogP contribution in [0.5, 0.6) is 0 Å². The van der Waals surface area contributed by atoms with Gasteiger partial charge in [0.2, 0.25) is 5.96 Å². The highest BCUT2D eigenvalue weighted by molar-refractivity contribution is 7.87. The Bertz CT molecular complexity index is 1160. The van der Waals surface area contributed by atoms with Gasteiger partial charge in [0.05, 0.1) is 18.1 Å². The lowest BCUT2D eigenvalue weighted by Gasteiger charge is -2.25. The Hall–Kier alpha value is -2.75. The minimum atomic E-state index is -3.90. The van der Waals surface area contributed by atoms with E-state index in [1.54, 1.807) is 17.1 Å². The summed E-state index contributed by atoms with van der Waals surface area (Å²) in [5.41, 5.74) is 2.73. The van der Waals surface area contributed by atoms with Crippen molar-refractivity contribution in [1.29, 1.82) is 5.41 Å². The van der Waals surface area contributed by atoms with E-state index >= 15 is 0 Å². The van der Waals surface area contributed by atoms with Gasteiger partial charge in [-0.25, -0.2) is 5.01 Å². The number of amidine groups is 1. The van der Waals surface area contributed by atoms with Crippen molar-refractivity contribution in [3.8, 4) is 0 Å². The van der Waals surface area contributed by atoms with Crippen LogP contribution in [0, 0.1) is 5.41 Å². The SMILES string of the molecule is CC(=N)N/C(=N\S(=O)(=O)N1CCCCC1)N1C[C@H](c2ccccc2)C(c2ccc(Cl)cc2)=N1. The Morgan fingerprint density at radius 1 is 1.09 bits per heavy atom. The van der Waals surface area contributed by atoms with Crippen molar-refractivity contribution in [2.45, 2.75) is 32.1 Å². The molecule has 174 valence electrons. The van der Waals surface area contributed by atoms with Crippen LogP contribution in [0.25, 0.3) is 0 Å². The van der Waals surface area contributed by atoms with Crippen molar-refractivity contribution in [3.05, 3.63) is 70.7 Å². The van der Waals surface area contributed by atoms with Gasteiger partial charge < -0.3 is 5.32 Å². The number of hydrogen-bond donors (Lipinski definition) is 2. The average Bonchev–Trinajstić information content (AvgIpc) is 3.25. The molecule has 0 radical (unpaired) electrons. The van der Waals surface area contributed by atoms with Gasteiger partial charge in [0.25, 0.3) is 0 Å². The van der Waals surface area contributed by atoms with Crippen LogP contribution >= 0.6 is 11.6 Å². The minimum Gasteiger partial charge on any atom is -0.313 e. The van der Waals surface area contributed by atoms with E-state index in [0.717, 1.165) is 36.1 Å². The lowest BCUT2D eigenvalue weighted by Crippen LogP contribution is -2.43. The number of piperidine rings is 1. The summed E-state index contributed by atoms with van der Waals surface area (Å²) in [4.78, 5) is 0. The first-order valence-electron chi connectivity index (χ1n) is 10.9. The van der Waals surface area contributed by atoms with Gasteiger partial charge in [0.15, 0.2) is 0 Å². The summed E-state index contributed by atoms with van der Waals surface area (Å²) in [5, 5.41) is 17.6. The number of hydrogen-bond acceptors (Lipinski definition) is 4. The Morgan fingerprint density at radius 3 is 2.39 bits per heavy atom. The molecule has 0 bridgehead atoms. The van der Waals surface area contributed by atoms with E-state index in [2.05, 4.69) is 9.71 Å². The zero-order chi connectivity index (χ0) is 23.4. The number of benzene rings is 2. The summed E-state index contributed by atoms with van der Waals surface area (Å²) in [6, 6.07) is 17.3. The molecule has 2 aromatic carbocycles. The normalized spacial score (nSPS) is 19.9. The molecule has 0 aromatic heterocycles. The van der Waals surface area contributed by atoms with E-state index in [9.17, 15) is 8.42 Å². The van der Waals surface area contributed by atoms with Crippen molar-refractivity contribution < 1.29 is 8.42 Å². The minimum absolute atomic E-state index is 0.0259. The molecule has 33 heavy (non-hydrogen) atoms. The molecule has 4 rings (SSSR count). The first-order valence-corrected chi connectivity index (χ1v) is 12.7. The van der Waals surface area contributed by atoms with Gasteiger partial charge in [-0.3, -0.25) is 5.41 Å². The Morgan fingerprint density at radius 2 is 1.76 bits per heavy atom. The van der Waals surface area contributed by atoms with Crippen molar-refractivity contribution in [2.24, 2.45) is 9.50 Å². The number of nitrogens with zero attached hydrogens (tertiary/aromatic N) is 4. The second-order valence-electron chi connectivity index (χ2n) is 8.14. The summed E-state index contributed by atoms with van der Waals surface area (Å²) in [5.74, 6) is -0.00456. The van der Waals surface area contributed by atoms with Crippen LogP contribution in [-0.4, -0.2) is 54.9 Å². The highest BCUT2D eigenvalue weighted by Crippen LogP contribution is 2.29. The van der Waals surface area contributed by atoms with Gasteiger partial charge >= 0.3 is 10.2 Å². The summed E-state index contributed by atoms with van der Waals surface area (Å²) in [6.07, 6.45) is 2.65. The molecular formula is C23H27ClN6O2S. The molecule has 8 nitrogen and oxygen atoms in total. The Labute approximate surface area is 199 Å². The number of guanidine groups is 1. The fourth-order valence-corrected chi connectivity index (χ4v) is 5.35. The number of rotatable bonds is 4. The zero-order valence-corrected chi connectivity index (χ0v) is 20.0. The average molecular weight is 487 g/mol. The molecule has 2 heterocycles. The third-order valence-corrected chi connectivity index (χ3v) is 7.32. The molecule has 1 atom stereocenters. The fourth-order valence-electron chi connectivity index (χ4n) is 4.03. The molecule has 0 amide bonds. The van der Waals surface area contributed by atoms with Gasteiger partial charge in [-0.15, -0.1) is 4.40 Å². The fraction of sp³-hybridized carbons (Fsp3) is 0.348. The van der Waals surface area contributed by atoms with Crippen LogP contribution < -0.4 is 5.32 Å². The molecule has 1 saturated heterocycles. The van der Waals surface area contributed by atoms with Crippen molar-refractivity contribution in [2.75, 3.05) is 19.6 Å². The standard InChI is InChI=1S/C23H27ClN6O2S/c1-17(25)26-23(28-33(31,32)29-14-6-3-7-15-29)30-16-21(18-8-4-2-5-9-18)22(27-30)19-10-12-20(24)13-11-19/h2,4-5,8-13,21H,3,6-7,14-16H2,1H3,(H2,25,26,28)/t21-/m1/s1. The van der Waals surface area contributed by atoms with Crippen molar-refractivity contribution in [3.63, 3.8) is 0 Å². The smallest absolute Gasteiger partial charge is 0.313 e. The van der Waals surface area contributed by atoms with Crippen LogP contribution in [0.3, 0.4) is 0 Å². The largest absolute Gasteiger partial charge is 0.325 e. The van der Waals surface area contributed by atoms with Crippen LogP contribution in [0.4, 0.5) is 0 Å². The molecule has 2 N–H and O–H groups in total. The van der Waals surface area contributed by atoms with E-state index in [0.29, 0.717) is 24.7 Å². The van der Waals surface area contributed by atoms with Gasteiger partial charge in [0, 0.05) is 24.0 Å². The van der Waals surface area contributed by atoms with Gasteiger partial charge in [-0.05, 0) is 43.0 Å². The van der Waals surface area contributed by atoms with E-state index in [-0.39, 0.29) is 17.7 Å². The quantitative estimate of drug-likeness (QED) is 0.506. The van der Waals surface area contributed by atoms with E-state index < -0.39 is 10.2 Å². The number of nitrogens with one attached hydrogen (secondary N) is 2. The van der Waals surface area contributed by atoms with E-state index in [1.165, 1.54) is 11.2 Å². The second kappa shape index (κ2) is 10.0. The van der Waals surface area contributed by atoms with Crippen LogP contribution in [0.1, 0.15) is 43.2 Å². The third kappa shape index (κ3) is 5.61. The van der Waals surface area contributed by atoms with Gasteiger partial charge in [-0.2, -0.15) is 17.8 Å². The van der Waals surface area contributed by atoms with Crippen molar-refractivity contribution in [1.82, 2.24) is 14.6 Å². The first kappa shape index (κ1) is 23.4. The molecule has 2 aromatic rings. The molecule has 2 aliphatic heterocycles. The monoisotopic (exact) mass is 486 g/mol. The zero-order valence-electron chi connectivity index (χ0n) is 18.4. The van der Waals surface area contributed by atoms with Crippen molar-refractivity contribution >= 4 is 39.3 Å². The first-order chi connectivity index (χ1) is 15.8. The predicted molar refractivity (Wildman–Crippen MR) is 132 cm³/mol. The van der Waals surface area contributed by atoms with Gasteiger partial charge in [0.1, 0.15) is 0 Å². The summed E-state index contributed by atoms with van der Waals surface area (Å²) in [7, 11) is -3.90. The second-order valence-corrected chi connectivity index (χ2v) is 10.2. The van der Waals surface area contributed by atoms with Crippen LogP contribution in [-0.2, 0) is 10.2 Å². The summed E-state index contributed by atoms with van der Waals surface area (Å²) in [6.45, 7) is 2.83. The van der Waals surface area contributed by atoms with E-state index in [1.807, 2.05) is 42.5 Å². The maximum atomic E-state index is 13.0. The number of halogens is 1. The molecule has 10 heteroatoms. The molecule has 0 unspecified atom stereocenters. The lowest BCUT2D eigenvalue weighted by atomic mass is 9.91.